The Morgan fingerprint density at radius 1 is 1.10 bits per heavy atom. The highest BCUT2D eigenvalue weighted by Gasteiger charge is 1.97. The molecule has 0 aliphatic heterocycles. The van der Waals surface area contributed by atoms with Gasteiger partial charge in [0.05, 0.1) is 6.21 Å². The van der Waals surface area contributed by atoms with Crippen molar-refractivity contribution in [2.75, 3.05) is 0 Å². The largest absolute Gasteiger partial charge is 0.391 e. The van der Waals surface area contributed by atoms with Crippen molar-refractivity contribution in [3.05, 3.63) is 77.4 Å². The number of aryl methyl sites for hydroxylation is 1. The summed E-state index contributed by atoms with van der Waals surface area (Å²) in [4.78, 5) is 5.34. The van der Waals surface area contributed by atoms with Gasteiger partial charge in [-0.25, -0.2) is 0 Å². The number of nitrogens with zero attached hydrogens (tertiary/aromatic N) is 1. The van der Waals surface area contributed by atoms with E-state index in [1.807, 2.05) is 42.5 Å². The third-order valence-corrected chi connectivity index (χ3v) is 3.16. The minimum absolute atomic E-state index is 0.450. The Hall–Kier alpha value is -2.35. The molecular formula is C18H19NO. The summed E-state index contributed by atoms with van der Waals surface area (Å²) in [5, 5.41) is 4.01. The Labute approximate surface area is 120 Å². The van der Waals surface area contributed by atoms with Gasteiger partial charge in [0.1, 0.15) is 6.61 Å². The first-order valence-corrected chi connectivity index (χ1v) is 6.78. The molecule has 2 aromatic carbocycles. The summed E-state index contributed by atoms with van der Waals surface area (Å²) in [7, 11) is 0. The molecule has 0 N–H and O–H groups in total. The minimum Gasteiger partial charge on any atom is -0.391 e. The van der Waals surface area contributed by atoms with Crippen LogP contribution in [0, 0.1) is 0 Å². The van der Waals surface area contributed by atoms with Crippen LogP contribution in [0.15, 0.2) is 60.3 Å². The topological polar surface area (TPSA) is 21.6 Å². The van der Waals surface area contributed by atoms with Gasteiger partial charge in [-0.15, -0.1) is 0 Å². The standard InChI is InChI=1S/C18H19NO/c1-3-15-9-11-16(12-10-15)13-19-20-14-18-8-6-5-7-17(18)4-2/h4-13H,2-3,14H2,1H3. The summed E-state index contributed by atoms with van der Waals surface area (Å²) in [6, 6.07) is 16.3. The first-order valence-electron chi connectivity index (χ1n) is 6.78. The van der Waals surface area contributed by atoms with Gasteiger partial charge in [-0.1, -0.05) is 73.3 Å². The van der Waals surface area contributed by atoms with Gasteiger partial charge in [0.15, 0.2) is 0 Å². The maximum atomic E-state index is 5.34. The fourth-order valence-electron chi connectivity index (χ4n) is 1.91. The fraction of sp³-hybridized carbons (Fsp3) is 0.167. The molecular weight excluding hydrogens is 246 g/mol. The summed E-state index contributed by atoms with van der Waals surface area (Å²) in [5.41, 5.74) is 4.53. The molecule has 20 heavy (non-hydrogen) atoms. The lowest BCUT2D eigenvalue weighted by Crippen LogP contribution is -1.91. The van der Waals surface area contributed by atoms with Gasteiger partial charge >= 0.3 is 0 Å². The van der Waals surface area contributed by atoms with Gasteiger partial charge in [0, 0.05) is 0 Å². The molecule has 102 valence electrons. The first kappa shape index (κ1) is 14.1. The molecule has 0 heterocycles. The van der Waals surface area contributed by atoms with Crippen molar-refractivity contribution in [2.45, 2.75) is 20.0 Å². The van der Waals surface area contributed by atoms with E-state index in [1.54, 1.807) is 6.21 Å². The van der Waals surface area contributed by atoms with Crippen molar-refractivity contribution in [1.82, 2.24) is 0 Å². The van der Waals surface area contributed by atoms with E-state index in [1.165, 1.54) is 5.56 Å². The molecule has 0 amide bonds. The van der Waals surface area contributed by atoms with Crippen LogP contribution in [0.1, 0.15) is 29.2 Å². The Morgan fingerprint density at radius 3 is 2.55 bits per heavy atom. The van der Waals surface area contributed by atoms with Gasteiger partial charge in [-0.05, 0) is 28.7 Å². The van der Waals surface area contributed by atoms with Crippen molar-refractivity contribution < 1.29 is 4.84 Å². The summed E-state index contributed by atoms with van der Waals surface area (Å²) < 4.78 is 0. The quantitative estimate of drug-likeness (QED) is 0.559. The Kier molecular flexibility index (Phi) is 5.13. The van der Waals surface area contributed by atoms with Crippen molar-refractivity contribution in [3.8, 4) is 0 Å². The van der Waals surface area contributed by atoms with E-state index < -0.39 is 0 Å². The van der Waals surface area contributed by atoms with E-state index in [0.717, 1.165) is 23.1 Å². The minimum atomic E-state index is 0.450. The normalized spacial score (nSPS) is 10.7. The third kappa shape index (κ3) is 3.82. The van der Waals surface area contributed by atoms with Crippen molar-refractivity contribution in [2.24, 2.45) is 5.16 Å². The van der Waals surface area contributed by atoms with E-state index in [9.17, 15) is 0 Å². The number of rotatable bonds is 6. The second kappa shape index (κ2) is 7.29. The molecule has 0 radical (unpaired) electrons. The van der Waals surface area contributed by atoms with Crippen LogP contribution < -0.4 is 0 Å². The van der Waals surface area contributed by atoms with E-state index >= 15 is 0 Å². The van der Waals surface area contributed by atoms with Crippen LogP contribution in [0.4, 0.5) is 0 Å². The van der Waals surface area contributed by atoms with Gasteiger partial charge in [-0.2, -0.15) is 0 Å². The Balaban J connectivity index is 1.91. The van der Waals surface area contributed by atoms with Crippen molar-refractivity contribution in [1.29, 1.82) is 0 Å². The summed E-state index contributed by atoms with van der Waals surface area (Å²) in [6.45, 7) is 6.38. The average Bonchev–Trinajstić information content (AvgIpc) is 2.52. The van der Waals surface area contributed by atoms with Gasteiger partial charge in [-0.3, -0.25) is 0 Å². The van der Waals surface area contributed by atoms with Gasteiger partial charge in [0.25, 0.3) is 0 Å². The molecule has 2 heteroatoms. The summed E-state index contributed by atoms with van der Waals surface area (Å²) >= 11 is 0. The lowest BCUT2D eigenvalue weighted by Gasteiger charge is -2.03. The number of oxime groups is 1. The second-order valence-corrected chi connectivity index (χ2v) is 4.51. The SMILES string of the molecule is C=Cc1ccccc1CON=Cc1ccc(CC)cc1. The lowest BCUT2D eigenvalue weighted by molar-refractivity contribution is 0.132. The van der Waals surface area contributed by atoms with Crippen LogP contribution in [0.2, 0.25) is 0 Å². The number of hydrogen-bond donors (Lipinski definition) is 0. The highest BCUT2D eigenvalue weighted by molar-refractivity contribution is 5.79. The molecule has 2 nitrogen and oxygen atoms in total. The molecule has 0 saturated heterocycles. The van der Waals surface area contributed by atoms with Crippen LogP contribution in [-0.2, 0) is 17.9 Å². The third-order valence-electron chi connectivity index (χ3n) is 3.16. The van der Waals surface area contributed by atoms with Gasteiger partial charge in [0.2, 0.25) is 0 Å². The molecule has 0 fully saturated rings. The van der Waals surface area contributed by atoms with Crippen LogP contribution in [0.5, 0.6) is 0 Å². The first-order chi connectivity index (χ1) is 9.83. The van der Waals surface area contributed by atoms with E-state index in [4.69, 9.17) is 4.84 Å². The molecule has 0 spiro atoms. The van der Waals surface area contributed by atoms with Crippen molar-refractivity contribution >= 4 is 12.3 Å². The highest BCUT2D eigenvalue weighted by Crippen LogP contribution is 2.11. The number of benzene rings is 2. The highest BCUT2D eigenvalue weighted by atomic mass is 16.6. The molecule has 2 aromatic rings. The van der Waals surface area contributed by atoms with E-state index in [-0.39, 0.29) is 0 Å². The van der Waals surface area contributed by atoms with Crippen LogP contribution in [0.3, 0.4) is 0 Å². The van der Waals surface area contributed by atoms with Crippen LogP contribution >= 0.6 is 0 Å². The zero-order valence-electron chi connectivity index (χ0n) is 11.8. The van der Waals surface area contributed by atoms with Crippen LogP contribution in [-0.4, -0.2) is 6.21 Å². The van der Waals surface area contributed by atoms with E-state index in [0.29, 0.717) is 6.61 Å². The van der Waals surface area contributed by atoms with E-state index in [2.05, 4.69) is 30.8 Å². The maximum absolute atomic E-state index is 5.34. The molecule has 0 bridgehead atoms. The molecule has 0 saturated carbocycles. The smallest absolute Gasteiger partial charge is 0.142 e. The monoisotopic (exact) mass is 265 g/mol. The number of hydrogen-bond acceptors (Lipinski definition) is 2. The predicted octanol–water partition coefficient (Wildman–Crippen LogP) is 4.44. The molecule has 0 aliphatic carbocycles. The fourth-order valence-corrected chi connectivity index (χ4v) is 1.91. The van der Waals surface area contributed by atoms with Gasteiger partial charge < -0.3 is 4.84 Å². The summed E-state index contributed by atoms with van der Waals surface area (Å²) in [5.74, 6) is 0. The second-order valence-electron chi connectivity index (χ2n) is 4.51. The lowest BCUT2D eigenvalue weighted by atomic mass is 10.1. The molecule has 0 unspecified atom stereocenters. The molecule has 0 atom stereocenters. The Bertz CT molecular complexity index is 585. The zero-order chi connectivity index (χ0) is 14.2. The molecule has 2 rings (SSSR count). The molecule has 0 aliphatic rings. The molecule has 0 aromatic heterocycles. The van der Waals surface area contributed by atoms with Crippen LogP contribution in [0.25, 0.3) is 6.08 Å². The predicted molar refractivity (Wildman–Crippen MR) is 84.7 cm³/mol. The maximum Gasteiger partial charge on any atom is 0.142 e. The Morgan fingerprint density at radius 2 is 1.85 bits per heavy atom. The zero-order valence-corrected chi connectivity index (χ0v) is 11.8. The average molecular weight is 265 g/mol. The summed E-state index contributed by atoms with van der Waals surface area (Å²) in [6.07, 6.45) is 4.61. The van der Waals surface area contributed by atoms with Crippen molar-refractivity contribution in [3.63, 3.8) is 0 Å².